The van der Waals surface area contributed by atoms with Crippen LogP contribution in [0.15, 0.2) is 18.6 Å². The van der Waals surface area contributed by atoms with Crippen molar-refractivity contribution in [3.05, 3.63) is 24.3 Å². The maximum Gasteiger partial charge on any atom is 0.261 e. The largest absolute Gasteiger partial charge is 0.374 e. The van der Waals surface area contributed by atoms with Crippen LogP contribution in [0, 0.1) is 0 Å². The van der Waals surface area contributed by atoms with Crippen LogP contribution < -0.4 is 5.32 Å². The van der Waals surface area contributed by atoms with Crippen LogP contribution in [0.25, 0.3) is 0 Å². The van der Waals surface area contributed by atoms with Crippen molar-refractivity contribution in [2.24, 2.45) is 0 Å². The average Bonchev–Trinajstić information content (AvgIpc) is 2.24. The van der Waals surface area contributed by atoms with Gasteiger partial charge in [-0.1, -0.05) is 0 Å². The van der Waals surface area contributed by atoms with Crippen LogP contribution in [0.1, 0.15) is 5.69 Å². The quantitative estimate of drug-likeness (QED) is 0.688. The number of hydrogen-bond donors (Lipinski definition) is 1. The Kier molecular flexibility index (Phi) is 5.72. The SMILES string of the molecule is FC(F)COCCNCc1cnccn1. The maximum atomic E-state index is 11.6. The van der Waals surface area contributed by atoms with Crippen LogP contribution in [-0.2, 0) is 11.3 Å². The third kappa shape index (κ3) is 6.03. The molecule has 0 atom stereocenters. The van der Waals surface area contributed by atoms with Gasteiger partial charge in [-0.15, -0.1) is 0 Å². The van der Waals surface area contributed by atoms with Crippen molar-refractivity contribution in [2.45, 2.75) is 13.0 Å². The van der Waals surface area contributed by atoms with E-state index in [1.54, 1.807) is 18.6 Å². The summed E-state index contributed by atoms with van der Waals surface area (Å²) in [5.74, 6) is 0. The molecule has 0 saturated carbocycles. The molecule has 15 heavy (non-hydrogen) atoms. The Morgan fingerprint density at radius 1 is 1.40 bits per heavy atom. The summed E-state index contributed by atoms with van der Waals surface area (Å²) >= 11 is 0. The molecule has 84 valence electrons. The van der Waals surface area contributed by atoms with E-state index in [2.05, 4.69) is 20.0 Å². The number of aromatic nitrogens is 2. The van der Waals surface area contributed by atoms with Crippen LogP contribution in [0.3, 0.4) is 0 Å². The average molecular weight is 217 g/mol. The van der Waals surface area contributed by atoms with Crippen molar-refractivity contribution in [1.82, 2.24) is 15.3 Å². The maximum absolute atomic E-state index is 11.6. The van der Waals surface area contributed by atoms with Gasteiger partial charge in [-0.3, -0.25) is 9.97 Å². The molecule has 0 amide bonds. The van der Waals surface area contributed by atoms with E-state index >= 15 is 0 Å². The predicted molar refractivity (Wildman–Crippen MR) is 50.6 cm³/mol. The summed E-state index contributed by atoms with van der Waals surface area (Å²) in [4.78, 5) is 7.93. The number of ether oxygens (including phenoxy) is 1. The van der Waals surface area contributed by atoms with Gasteiger partial charge >= 0.3 is 0 Å². The first-order valence-electron chi connectivity index (χ1n) is 4.60. The summed E-state index contributed by atoms with van der Waals surface area (Å²) in [6, 6.07) is 0. The fourth-order valence-electron chi connectivity index (χ4n) is 0.954. The summed E-state index contributed by atoms with van der Waals surface area (Å²) in [7, 11) is 0. The zero-order chi connectivity index (χ0) is 10.9. The standard InChI is InChI=1S/C9H13F2N3O/c10-9(11)7-15-4-3-13-6-8-5-12-1-2-14-8/h1-2,5,9,13H,3-4,6-7H2. The van der Waals surface area contributed by atoms with Gasteiger partial charge in [0, 0.05) is 31.7 Å². The van der Waals surface area contributed by atoms with E-state index in [0.717, 1.165) is 5.69 Å². The second-order valence-corrected chi connectivity index (χ2v) is 2.84. The molecule has 1 rings (SSSR count). The molecule has 0 saturated heterocycles. The van der Waals surface area contributed by atoms with Crippen molar-refractivity contribution in [1.29, 1.82) is 0 Å². The molecule has 0 spiro atoms. The predicted octanol–water partition coefficient (Wildman–Crippen LogP) is 0.848. The molecule has 6 heteroatoms. The smallest absolute Gasteiger partial charge is 0.261 e. The molecule has 0 bridgehead atoms. The highest BCUT2D eigenvalue weighted by molar-refractivity contribution is 4.93. The van der Waals surface area contributed by atoms with Gasteiger partial charge in [0.2, 0.25) is 0 Å². The molecule has 0 fully saturated rings. The number of hydrogen-bond acceptors (Lipinski definition) is 4. The third-order valence-electron chi connectivity index (χ3n) is 1.59. The molecule has 0 radical (unpaired) electrons. The fourth-order valence-corrected chi connectivity index (χ4v) is 0.954. The highest BCUT2D eigenvalue weighted by Crippen LogP contribution is 1.92. The zero-order valence-electron chi connectivity index (χ0n) is 8.20. The fraction of sp³-hybridized carbons (Fsp3) is 0.556. The Bertz CT molecular complexity index is 259. The van der Waals surface area contributed by atoms with Gasteiger partial charge in [-0.05, 0) is 0 Å². The zero-order valence-corrected chi connectivity index (χ0v) is 8.20. The topological polar surface area (TPSA) is 47.0 Å². The molecule has 1 N–H and O–H groups in total. The van der Waals surface area contributed by atoms with Crippen molar-refractivity contribution >= 4 is 0 Å². The van der Waals surface area contributed by atoms with E-state index in [1.807, 2.05) is 0 Å². The minimum Gasteiger partial charge on any atom is -0.374 e. The highest BCUT2D eigenvalue weighted by Gasteiger charge is 2.00. The van der Waals surface area contributed by atoms with Crippen LogP contribution in [-0.4, -0.2) is 36.2 Å². The minimum atomic E-state index is -2.40. The van der Waals surface area contributed by atoms with Crippen LogP contribution in [0.4, 0.5) is 8.78 Å². The lowest BCUT2D eigenvalue weighted by Crippen LogP contribution is -2.21. The van der Waals surface area contributed by atoms with Crippen LogP contribution >= 0.6 is 0 Å². The summed E-state index contributed by atoms with van der Waals surface area (Å²) in [5.41, 5.74) is 0.811. The molecule has 0 unspecified atom stereocenters. The van der Waals surface area contributed by atoms with E-state index in [4.69, 9.17) is 0 Å². The second kappa shape index (κ2) is 7.19. The third-order valence-corrected chi connectivity index (χ3v) is 1.59. The lowest BCUT2D eigenvalue weighted by atomic mass is 10.4. The number of nitrogens with zero attached hydrogens (tertiary/aromatic N) is 2. The first-order valence-corrected chi connectivity index (χ1v) is 4.60. The number of nitrogens with one attached hydrogen (secondary N) is 1. The number of alkyl halides is 2. The lowest BCUT2D eigenvalue weighted by molar-refractivity contribution is 0.0187. The van der Waals surface area contributed by atoms with Crippen LogP contribution in [0.5, 0.6) is 0 Å². The number of halogens is 2. The summed E-state index contributed by atoms with van der Waals surface area (Å²) in [6.07, 6.45) is 2.44. The first-order chi connectivity index (χ1) is 7.29. The molecule has 0 aliphatic heterocycles. The van der Waals surface area contributed by atoms with Gasteiger partial charge < -0.3 is 10.1 Å². The van der Waals surface area contributed by atoms with Gasteiger partial charge in [0.05, 0.1) is 12.3 Å². The normalized spacial score (nSPS) is 10.9. The summed E-state index contributed by atoms with van der Waals surface area (Å²) in [5, 5.41) is 3.00. The number of rotatable bonds is 7. The highest BCUT2D eigenvalue weighted by atomic mass is 19.3. The van der Waals surface area contributed by atoms with E-state index in [0.29, 0.717) is 13.1 Å². The molecule has 1 aromatic heterocycles. The Morgan fingerprint density at radius 3 is 2.93 bits per heavy atom. The van der Waals surface area contributed by atoms with Gasteiger partial charge in [0.25, 0.3) is 6.43 Å². The molecule has 4 nitrogen and oxygen atoms in total. The molecule has 1 heterocycles. The van der Waals surface area contributed by atoms with Gasteiger partial charge in [0.15, 0.2) is 0 Å². The first kappa shape index (κ1) is 11.9. The van der Waals surface area contributed by atoms with Gasteiger partial charge in [0.1, 0.15) is 6.61 Å². The van der Waals surface area contributed by atoms with Crippen molar-refractivity contribution in [3.8, 4) is 0 Å². The Labute approximate surface area is 86.7 Å². The van der Waals surface area contributed by atoms with E-state index < -0.39 is 13.0 Å². The molecular weight excluding hydrogens is 204 g/mol. The monoisotopic (exact) mass is 217 g/mol. The molecule has 0 aromatic carbocycles. The van der Waals surface area contributed by atoms with Gasteiger partial charge in [-0.2, -0.15) is 0 Å². The molecular formula is C9H13F2N3O. The summed E-state index contributed by atoms with van der Waals surface area (Å²) in [6.45, 7) is 0.840. The lowest BCUT2D eigenvalue weighted by Gasteiger charge is -2.04. The van der Waals surface area contributed by atoms with Crippen molar-refractivity contribution in [3.63, 3.8) is 0 Å². The van der Waals surface area contributed by atoms with Crippen molar-refractivity contribution < 1.29 is 13.5 Å². The Balaban J connectivity index is 1.98. The Hall–Kier alpha value is -1.14. The van der Waals surface area contributed by atoms with E-state index in [1.165, 1.54) is 0 Å². The Morgan fingerprint density at radius 2 is 2.27 bits per heavy atom. The molecule has 0 aliphatic rings. The van der Waals surface area contributed by atoms with Gasteiger partial charge in [-0.25, -0.2) is 8.78 Å². The van der Waals surface area contributed by atoms with Crippen molar-refractivity contribution in [2.75, 3.05) is 19.8 Å². The minimum absolute atomic E-state index is 0.268. The van der Waals surface area contributed by atoms with E-state index in [9.17, 15) is 8.78 Å². The second-order valence-electron chi connectivity index (χ2n) is 2.84. The summed E-state index contributed by atoms with van der Waals surface area (Å²) < 4.78 is 28.0. The molecule has 0 aliphatic carbocycles. The van der Waals surface area contributed by atoms with E-state index in [-0.39, 0.29) is 6.61 Å². The van der Waals surface area contributed by atoms with Crippen LogP contribution in [0.2, 0.25) is 0 Å². The molecule has 1 aromatic rings.